The molecule has 0 N–H and O–H groups in total. The molecular formula is C19H39NO2. The molecule has 0 radical (unpaired) electrons. The van der Waals surface area contributed by atoms with E-state index in [-0.39, 0.29) is 5.97 Å². The predicted molar refractivity (Wildman–Crippen MR) is 95.2 cm³/mol. The Balaban J connectivity index is 3.77. The molecule has 0 saturated heterocycles. The third kappa shape index (κ3) is 14.4. The number of hydrogen-bond donors (Lipinski definition) is 0. The minimum Gasteiger partial charge on any atom is -0.468 e. The average Bonchev–Trinajstić information content (AvgIpc) is 2.53. The van der Waals surface area contributed by atoms with Gasteiger partial charge >= 0.3 is 5.97 Å². The molecule has 22 heavy (non-hydrogen) atoms. The summed E-state index contributed by atoms with van der Waals surface area (Å²) in [5.74, 6) is -0.100. The molecule has 0 aromatic heterocycles. The summed E-state index contributed by atoms with van der Waals surface area (Å²) in [6.07, 6.45) is 15.6. The highest BCUT2D eigenvalue weighted by atomic mass is 16.5. The molecule has 0 heterocycles. The average molecular weight is 314 g/mol. The monoisotopic (exact) mass is 313 g/mol. The molecule has 3 nitrogen and oxygen atoms in total. The highest BCUT2D eigenvalue weighted by Gasteiger charge is 2.10. The van der Waals surface area contributed by atoms with Crippen molar-refractivity contribution < 1.29 is 9.53 Å². The molecule has 0 fully saturated rings. The first kappa shape index (κ1) is 21.4. The van der Waals surface area contributed by atoms with Crippen molar-refractivity contribution in [2.75, 3.05) is 26.7 Å². The molecule has 0 spiro atoms. The molecule has 0 unspecified atom stereocenters. The minimum atomic E-state index is -0.100. The van der Waals surface area contributed by atoms with E-state index in [0.29, 0.717) is 6.54 Å². The SMILES string of the molecule is CCCCCCCCN(CCCCCCCC)CC(=O)OC. The number of methoxy groups -OCH3 is 1. The van der Waals surface area contributed by atoms with Gasteiger partial charge in [0, 0.05) is 0 Å². The number of ether oxygens (including phenoxy) is 1. The van der Waals surface area contributed by atoms with Gasteiger partial charge in [0.1, 0.15) is 0 Å². The second kappa shape index (κ2) is 16.8. The van der Waals surface area contributed by atoms with Gasteiger partial charge in [0.2, 0.25) is 0 Å². The van der Waals surface area contributed by atoms with E-state index in [1.54, 1.807) is 0 Å². The molecule has 3 heteroatoms. The van der Waals surface area contributed by atoms with Crippen LogP contribution in [-0.4, -0.2) is 37.6 Å². The van der Waals surface area contributed by atoms with Crippen LogP contribution in [0.4, 0.5) is 0 Å². The van der Waals surface area contributed by atoms with Crippen molar-refractivity contribution in [3.05, 3.63) is 0 Å². The normalized spacial score (nSPS) is 11.1. The topological polar surface area (TPSA) is 29.5 Å². The Hall–Kier alpha value is -0.570. The Bertz CT molecular complexity index is 228. The van der Waals surface area contributed by atoms with E-state index in [2.05, 4.69) is 18.7 Å². The van der Waals surface area contributed by atoms with Crippen LogP contribution in [0.2, 0.25) is 0 Å². The van der Waals surface area contributed by atoms with Gasteiger partial charge in [-0.25, -0.2) is 0 Å². The summed E-state index contributed by atoms with van der Waals surface area (Å²) < 4.78 is 4.82. The van der Waals surface area contributed by atoms with Crippen LogP contribution >= 0.6 is 0 Å². The van der Waals surface area contributed by atoms with Crippen LogP contribution in [0.15, 0.2) is 0 Å². The molecular weight excluding hydrogens is 274 g/mol. The largest absolute Gasteiger partial charge is 0.468 e. The number of nitrogens with zero attached hydrogens (tertiary/aromatic N) is 1. The summed E-state index contributed by atoms with van der Waals surface area (Å²) in [6, 6.07) is 0. The maximum atomic E-state index is 11.5. The van der Waals surface area contributed by atoms with E-state index in [1.807, 2.05) is 0 Å². The summed E-state index contributed by atoms with van der Waals surface area (Å²) >= 11 is 0. The molecule has 0 amide bonds. The number of unbranched alkanes of at least 4 members (excludes halogenated alkanes) is 10. The molecule has 0 atom stereocenters. The van der Waals surface area contributed by atoms with E-state index in [9.17, 15) is 4.79 Å². The smallest absolute Gasteiger partial charge is 0.319 e. The standard InChI is InChI=1S/C19H39NO2/c1-4-6-8-10-12-14-16-20(18-19(21)22-3)17-15-13-11-9-7-5-2/h4-18H2,1-3H3. The molecule has 0 saturated carbocycles. The van der Waals surface area contributed by atoms with Gasteiger partial charge in [0.05, 0.1) is 13.7 Å². The van der Waals surface area contributed by atoms with Gasteiger partial charge in [-0.05, 0) is 25.9 Å². The zero-order chi connectivity index (χ0) is 16.5. The molecule has 0 aliphatic carbocycles. The van der Waals surface area contributed by atoms with Crippen LogP contribution in [0.25, 0.3) is 0 Å². The maximum Gasteiger partial charge on any atom is 0.319 e. The number of hydrogen-bond acceptors (Lipinski definition) is 3. The van der Waals surface area contributed by atoms with Gasteiger partial charge in [0.15, 0.2) is 0 Å². The highest BCUT2D eigenvalue weighted by molar-refractivity contribution is 5.71. The Morgan fingerprint density at radius 3 is 1.55 bits per heavy atom. The van der Waals surface area contributed by atoms with Crippen molar-refractivity contribution in [1.82, 2.24) is 4.90 Å². The van der Waals surface area contributed by atoms with Crippen molar-refractivity contribution in [3.63, 3.8) is 0 Å². The van der Waals surface area contributed by atoms with Crippen LogP contribution in [0, 0.1) is 0 Å². The molecule has 0 aliphatic rings. The van der Waals surface area contributed by atoms with E-state index < -0.39 is 0 Å². The summed E-state index contributed by atoms with van der Waals surface area (Å²) in [5, 5.41) is 0. The Morgan fingerprint density at radius 2 is 1.14 bits per heavy atom. The molecule has 0 rings (SSSR count). The van der Waals surface area contributed by atoms with Gasteiger partial charge in [-0.3, -0.25) is 9.69 Å². The fraction of sp³-hybridized carbons (Fsp3) is 0.947. The Labute approximate surface area is 138 Å². The number of esters is 1. The lowest BCUT2D eigenvalue weighted by molar-refractivity contribution is -0.141. The molecule has 0 aromatic carbocycles. The quantitative estimate of drug-likeness (QED) is 0.290. The molecule has 132 valence electrons. The van der Waals surface area contributed by atoms with Crippen LogP contribution in [0.1, 0.15) is 90.9 Å². The van der Waals surface area contributed by atoms with E-state index >= 15 is 0 Å². The van der Waals surface area contributed by atoms with Crippen LogP contribution < -0.4 is 0 Å². The molecule has 0 aliphatic heterocycles. The number of carbonyl (C=O) groups excluding carboxylic acids is 1. The third-order valence-corrected chi connectivity index (χ3v) is 4.24. The van der Waals surface area contributed by atoms with Crippen molar-refractivity contribution in [2.24, 2.45) is 0 Å². The Morgan fingerprint density at radius 1 is 0.727 bits per heavy atom. The van der Waals surface area contributed by atoms with Crippen LogP contribution in [0.5, 0.6) is 0 Å². The fourth-order valence-electron chi connectivity index (χ4n) is 2.75. The first-order chi connectivity index (χ1) is 10.7. The number of carbonyl (C=O) groups is 1. The van der Waals surface area contributed by atoms with E-state index in [0.717, 1.165) is 13.1 Å². The van der Waals surface area contributed by atoms with Crippen molar-refractivity contribution >= 4 is 5.97 Å². The maximum absolute atomic E-state index is 11.5. The fourth-order valence-corrected chi connectivity index (χ4v) is 2.75. The van der Waals surface area contributed by atoms with Crippen molar-refractivity contribution in [2.45, 2.75) is 90.9 Å². The van der Waals surface area contributed by atoms with Crippen LogP contribution in [0.3, 0.4) is 0 Å². The van der Waals surface area contributed by atoms with Crippen LogP contribution in [-0.2, 0) is 9.53 Å². The van der Waals surface area contributed by atoms with Crippen molar-refractivity contribution in [3.8, 4) is 0 Å². The summed E-state index contributed by atoms with van der Waals surface area (Å²) in [4.78, 5) is 13.8. The second-order valence-electron chi connectivity index (χ2n) is 6.39. The summed E-state index contributed by atoms with van der Waals surface area (Å²) in [6.45, 7) is 7.03. The van der Waals surface area contributed by atoms with Gasteiger partial charge in [0.25, 0.3) is 0 Å². The first-order valence-corrected chi connectivity index (χ1v) is 9.53. The molecule has 0 aromatic rings. The Kier molecular flexibility index (Phi) is 16.4. The summed E-state index contributed by atoms with van der Waals surface area (Å²) in [7, 11) is 1.48. The summed E-state index contributed by atoms with van der Waals surface area (Å²) in [5.41, 5.74) is 0. The van der Waals surface area contributed by atoms with Gasteiger partial charge in [-0.2, -0.15) is 0 Å². The van der Waals surface area contributed by atoms with E-state index in [4.69, 9.17) is 4.74 Å². The highest BCUT2D eigenvalue weighted by Crippen LogP contribution is 2.09. The number of rotatable bonds is 16. The van der Waals surface area contributed by atoms with Gasteiger partial charge in [-0.15, -0.1) is 0 Å². The molecule has 0 bridgehead atoms. The van der Waals surface area contributed by atoms with Gasteiger partial charge < -0.3 is 4.74 Å². The predicted octanol–water partition coefficient (Wildman–Crippen LogP) is 5.18. The second-order valence-corrected chi connectivity index (χ2v) is 6.39. The van der Waals surface area contributed by atoms with Gasteiger partial charge in [-0.1, -0.05) is 78.1 Å². The first-order valence-electron chi connectivity index (χ1n) is 9.53. The lowest BCUT2D eigenvalue weighted by Gasteiger charge is -2.21. The van der Waals surface area contributed by atoms with Crippen molar-refractivity contribution in [1.29, 1.82) is 0 Å². The zero-order valence-corrected chi connectivity index (χ0v) is 15.4. The zero-order valence-electron chi connectivity index (χ0n) is 15.4. The third-order valence-electron chi connectivity index (χ3n) is 4.24. The minimum absolute atomic E-state index is 0.100. The lowest BCUT2D eigenvalue weighted by Crippen LogP contribution is -2.32. The van der Waals surface area contributed by atoms with E-state index in [1.165, 1.54) is 84.2 Å². The lowest BCUT2D eigenvalue weighted by atomic mass is 10.1.